The van der Waals surface area contributed by atoms with Crippen LogP contribution in [0.2, 0.25) is 0 Å². The molecule has 0 bridgehead atoms. The molecular weight excluding hydrogens is 425 g/mol. The first-order chi connectivity index (χ1) is 15.6. The van der Waals surface area contributed by atoms with Crippen molar-refractivity contribution in [2.75, 3.05) is 11.9 Å². The number of amidine groups is 1. The maximum absolute atomic E-state index is 13.2. The van der Waals surface area contributed by atoms with Crippen molar-refractivity contribution in [3.63, 3.8) is 0 Å². The van der Waals surface area contributed by atoms with Crippen molar-refractivity contribution in [2.24, 2.45) is 4.99 Å². The molecule has 1 fully saturated rings. The minimum absolute atomic E-state index is 0.0548. The van der Waals surface area contributed by atoms with Crippen LogP contribution in [0.5, 0.6) is 0 Å². The van der Waals surface area contributed by atoms with Gasteiger partial charge in [-0.2, -0.15) is 0 Å². The summed E-state index contributed by atoms with van der Waals surface area (Å²) in [6.07, 6.45) is 0.614. The number of thioether (sulfide) groups is 1. The molecule has 1 heterocycles. The number of aliphatic imine (C=N–C) groups is 1. The predicted octanol–water partition coefficient (Wildman–Crippen LogP) is 5.03. The van der Waals surface area contributed by atoms with E-state index in [0.29, 0.717) is 23.8 Å². The summed E-state index contributed by atoms with van der Waals surface area (Å²) in [7, 11) is 0. The van der Waals surface area contributed by atoms with Crippen LogP contribution >= 0.6 is 11.8 Å². The number of carbonyl (C=O) groups excluding carboxylic acids is 2. The molecule has 0 aromatic heterocycles. The number of benzene rings is 3. The first-order valence-electron chi connectivity index (χ1n) is 10.3. The van der Waals surface area contributed by atoms with Gasteiger partial charge in [0.2, 0.25) is 11.8 Å². The molecule has 1 unspecified atom stereocenters. The zero-order chi connectivity index (χ0) is 22.3. The molecule has 1 atom stereocenters. The molecule has 0 radical (unpaired) electrons. The van der Waals surface area contributed by atoms with Gasteiger partial charge in [-0.3, -0.25) is 14.5 Å². The highest BCUT2D eigenvalue weighted by atomic mass is 32.2. The molecule has 1 N–H and O–H groups in total. The van der Waals surface area contributed by atoms with E-state index in [1.807, 2.05) is 48.5 Å². The molecule has 0 saturated carbocycles. The standard InChI is InChI=1S/C25H22FN3O2S/c26-19-13-11-18(12-14-19)15-16-29-24(31)22(17-23(30)27-20-7-3-1-4-8-20)32-25(29)28-21-9-5-2-6-10-21/h1-14,22H,15-17H2,(H,27,30). The molecule has 7 heteroatoms. The summed E-state index contributed by atoms with van der Waals surface area (Å²) < 4.78 is 13.2. The van der Waals surface area contributed by atoms with Crippen LogP contribution in [0.3, 0.4) is 0 Å². The van der Waals surface area contributed by atoms with Gasteiger partial charge in [-0.15, -0.1) is 0 Å². The van der Waals surface area contributed by atoms with Crippen molar-refractivity contribution in [3.05, 3.63) is 96.3 Å². The Morgan fingerprint density at radius 2 is 1.62 bits per heavy atom. The predicted molar refractivity (Wildman–Crippen MR) is 126 cm³/mol. The number of halogens is 1. The zero-order valence-electron chi connectivity index (χ0n) is 17.3. The van der Waals surface area contributed by atoms with Crippen LogP contribution in [-0.2, 0) is 16.0 Å². The first-order valence-corrected chi connectivity index (χ1v) is 11.2. The van der Waals surface area contributed by atoms with E-state index < -0.39 is 5.25 Å². The Labute approximate surface area is 190 Å². The second-order valence-corrected chi connectivity index (χ2v) is 8.49. The Hall–Kier alpha value is -3.45. The SMILES string of the molecule is O=C(CC1SC(=Nc2ccccc2)N(CCc2ccc(F)cc2)C1=O)Nc1ccccc1. The van der Waals surface area contributed by atoms with Crippen LogP contribution in [0.1, 0.15) is 12.0 Å². The molecule has 0 spiro atoms. The molecule has 4 rings (SSSR count). The summed E-state index contributed by atoms with van der Waals surface area (Å²) in [6, 6.07) is 24.8. The smallest absolute Gasteiger partial charge is 0.242 e. The number of amides is 2. The third-order valence-electron chi connectivity index (χ3n) is 4.97. The van der Waals surface area contributed by atoms with Crippen LogP contribution in [0.15, 0.2) is 89.9 Å². The van der Waals surface area contributed by atoms with Crippen LogP contribution in [0.25, 0.3) is 0 Å². The highest BCUT2D eigenvalue weighted by molar-refractivity contribution is 8.15. The van der Waals surface area contributed by atoms with E-state index in [4.69, 9.17) is 0 Å². The van der Waals surface area contributed by atoms with Crippen LogP contribution < -0.4 is 5.32 Å². The summed E-state index contributed by atoms with van der Waals surface area (Å²) in [5, 5.41) is 2.86. The molecule has 5 nitrogen and oxygen atoms in total. The summed E-state index contributed by atoms with van der Waals surface area (Å²) in [5.74, 6) is -0.658. The van der Waals surface area contributed by atoms with Gasteiger partial charge in [-0.25, -0.2) is 9.38 Å². The van der Waals surface area contributed by atoms with Gasteiger partial charge in [0.15, 0.2) is 5.17 Å². The Kier molecular flexibility index (Phi) is 6.97. The quantitative estimate of drug-likeness (QED) is 0.553. The molecule has 1 saturated heterocycles. The third kappa shape index (κ3) is 5.62. The number of carbonyl (C=O) groups is 2. The van der Waals surface area contributed by atoms with Crippen molar-refractivity contribution < 1.29 is 14.0 Å². The number of nitrogens with zero attached hydrogens (tertiary/aromatic N) is 2. The van der Waals surface area contributed by atoms with Crippen molar-refractivity contribution in [1.29, 1.82) is 0 Å². The maximum Gasteiger partial charge on any atom is 0.242 e. The monoisotopic (exact) mass is 447 g/mol. The lowest BCUT2D eigenvalue weighted by Crippen LogP contribution is -2.35. The molecule has 0 aliphatic carbocycles. The van der Waals surface area contributed by atoms with Gasteiger partial charge < -0.3 is 5.32 Å². The summed E-state index contributed by atoms with van der Waals surface area (Å²) in [6.45, 7) is 0.403. The molecule has 1 aliphatic rings. The van der Waals surface area contributed by atoms with E-state index in [1.165, 1.54) is 23.9 Å². The minimum atomic E-state index is -0.547. The van der Waals surface area contributed by atoms with E-state index in [-0.39, 0.29) is 24.1 Å². The molecular formula is C25H22FN3O2S. The average Bonchev–Trinajstić information content (AvgIpc) is 3.08. The Morgan fingerprint density at radius 3 is 2.31 bits per heavy atom. The second kappa shape index (κ2) is 10.2. The third-order valence-corrected chi connectivity index (χ3v) is 6.14. The summed E-state index contributed by atoms with van der Waals surface area (Å²) >= 11 is 1.30. The van der Waals surface area contributed by atoms with Gasteiger partial charge in [0.05, 0.1) is 5.69 Å². The van der Waals surface area contributed by atoms with E-state index in [0.717, 1.165) is 11.3 Å². The zero-order valence-corrected chi connectivity index (χ0v) is 18.1. The van der Waals surface area contributed by atoms with E-state index in [1.54, 1.807) is 29.2 Å². The van der Waals surface area contributed by atoms with Crippen molar-refractivity contribution in [2.45, 2.75) is 18.1 Å². The number of rotatable bonds is 7. The maximum atomic E-state index is 13.2. The highest BCUT2D eigenvalue weighted by Crippen LogP contribution is 2.32. The fourth-order valence-corrected chi connectivity index (χ4v) is 4.52. The number of hydrogen-bond acceptors (Lipinski definition) is 4. The van der Waals surface area contributed by atoms with Crippen molar-refractivity contribution >= 4 is 40.1 Å². The van der Waals surface area contributed by atoms with Gasteiger partial charge >= 0.3 is 0 Å². The van der Waals surface area contributed by atoms with E-state index >= 15 is 0 Å². The Morgan fingerprint density at radius 1 is 0.969 bits per heavy atom. The highest BCUT2D eigenvalue weighted by Gasteiger charge is 2.39. The summed E-state index contributed by atoms with van der Waals surface area (Å²) in [5.41, 5.74) is 2.36. The minimum Gasteiger partial charge on any atom is -0.326 e. The van der Waals surface area contributed by atoms with Crippen LogP contribution in [0, 0.1) is 5.82 Å². The van der Waals surface area contributed by atoms with E-state index in [9.17, 15) is 14.0 Å². The average molecular weight is 448 g/mol. The second-order valence-electron chi connectivity index (χ2n) is 7.32. The van der Waals surface area contributed by atoms with Crippen molar-refractivity contribution in [1.82, 2.24) is 4.90 Å². The number of anilines is 1. The first kappa shape index (κ1) is 21.8. The fourth-order valence-electron chi connectivity index (χ4n) is 3.34. The molecule has 2 amide bonds. The Balaban J connectivity index is 1.49. The number of nitrogens with one attached hydrogen (secondary N) is 1. The van der Waals surface area contributed by atoms with Crippen LogP contribution in [-0.4, -0.2) is 33.7 Å². The molecule has 162 valence electrons. The Bertz CT molecular complexity index is 1110. The molecule has 3 aromatic rings. The lowest BCUT2D eigenvalue weighted by Gasteiger charge is -2.16. The topological polar surface area (TPSA) is 61.8 Å². The van der Waals surface area contributed by atoms with Gasteiger partial charge in [0.25, 0.3) is 0 Å². The van der Waals surface area contributed by atoms with Gasteiger partial charge in [0, 0.05) is 18.7 Å². The molecule has 3 aromatic carbocycles. The summed E-state index contributed by atoms with van der Waals surface area (Å²) in [4.78, 5) is 32.0. The molecule has 32 heavy (non-hydrogen) atoms. The molecule has 1 aliphatic heterocycles. The fraction of sp³-hybridized carbons (Fsp3) is 0.160. The normalized spacial score (nSPS) is 17.0. The van der Waals surface area contributed by atoms with Gasteiger partial charge in [0.1, 0.15) is 11.1 Å². The largest absolute Gasteiger partial charge is 0.326 e. The van der Waals surface area contributed by atoms with Gasteiger partial charge in [-0.1, -0.05) is 60.3 Å². The van der Waals surface area contributed by atoms with Gasteiger partial charge in [-0.05, 0) is 48.4 Å². The number of para-hydroxylation sites is 2. The van der Waals surface area contributed by atoms with Crippen molar-refractivity contribution in [3.8, 4) is 0 Å². The van der Waals surface area contributed by atoms with E-state index in [2.05, 4.69) is 10.3 Å². The lowest BCUT2D eigenvalue weighted by molar-refractivity contribution is -0.128. The number of hydrogen-bond donors (Lipinski definition) is 1. The van der Waals surface area contributed by atoms with Crippen LogP contribution in [0.4, 0.5) is 15.8 Å². The lowest BCUT2D eigenvalue weighted by atomic mass is 10.1.